The van der Waals surface area contributed by atoms with Gasteiger partial charge in [0.05, 0.1) is 13.2 Å². The molecule has 0 aliphatic carbocycles. The van der Waals surface area contributed by atoms with Crippen molar-refractivity contribution in [3.8, 4) is 0 Å². The van der Waals surface area contributed by atoms with Gasteiger partial charge in [-0.15, -0.1) is 0 Å². The second-order valence-corrected chi connectivity index (χ2v) is 4.57. The third kappa shape index (κ3) is 17.8. The normalized spacial score (nSPS) is 11.1. The van der Waals surface area contributed by atoms with Gasteiger partial charge in [0.25, 0.3) is 0 Å². The number of hydrogen-bond donors (Lipinski definition) is 3. The lowest BCUT2D eigenvalue weighted by Gasteiger charge is -2.07. The molecule has 0 heterocycles. The van der Waals surface area contributed by atoms with Crippen LogP contribution < -0.4 is 10.6 Å². The fourth-order valence-corrected chi connectivity index (χ4v) is 1.64. The number of aliphatic hydroxyl groups is 1. The summed E-state index contributed by atoms with van der Waals surface area (Å²) in [4.78, 5) is 0. The van der Waals surface area contributed by atoms with E-state index >= 15 is 0 Å². The van der Waals surface area contributed by atoms with Gasteiger partial charge in [0.2, 0.25) is 0 Å². The molecule has 19 heavy (non-hydrogen) atoms. The van der Waals surface area contributed by atoms with E-state index in [1.807, 2.05) is 7.05 Å². The second kappa shape index (κ2) is 17.8. The van der Waals surface area contributed by atoms with E-state index in [4.69, 9.17) is 14.6 Å². The summed E-state index contributed by atoms with van der Waals surface area (Å²) in [7, 11) is 1.99. The molecule has 0 spiro atoms. The van der Waals surface area contributed by atoms with Crippen LogP contribution in [0.3, 0.4) is 0 Å². The van der Waals surface area contributed by atoms with Crippen molar-refractivity contribution in [1.29, 1.82) is 0 Å². The van der Waals surface area contributed by atoms with Crippen molar-refractivity contribution < 1.29 is 14.6 Å². The Kier molecular flexibility index (Phi) is 17.6. The summed E-state index contributed by atoms with van der Waals surface area (Å²) >= 11 is 0. The summed E-state index contributed by atoms with van der Waals surface area (Å²) in [5.41, 5.74) is 0. The van der Waals surface area contributed by atoms with Crippen molar-refractivity contribution >= 4 is 0 Å². The third-order valence-corrected chi connectivity index (χ3v) is 2.76. The lowest BCUT2D eigenvalue weighted by Crippen LogP contribution is -2.24. The van der Waals surface area contributed by atoms with E-state index in [0.29, 0.717) is 13.2 Å². The molecule has 3 N–H and O–H groups in total. The Bertz CT molecular complexity index is 144. The summed E-state index contributed by atoms with van der Waals surface area (Å²) in [6.07, 6.45) is 5.68. The first-order valence-corrected chi connectivity index (χ1v) is 7.53. The molecule has 0 radical (unpaired) electrons. The van der Waals surface area contributed by atoms with Gasteiger partial charge in [-0.2, -0.15) is 0 Å². The monoisotopic (exact) mass is 276 g/mol. The Morgan fingerprint density at radius 1 is 0.737 bits per heavy atom. The molecule has 0 fully saturated rings. The molecule has 116 valence electrons. The summed E-state index contributed by atoms with van der Waals surface area (Å²) in [5, 5.41) is 15.0. The quantitative estimate of drug-likeness (QED) is 0.364. The van der Waals surface area contributed by atoms with Crippen molar-refractivity contribution in [2.45, 2.75) is 32.1 Å². The third-order valence-electron chi connectivity index (χ3n) is 2.76. The minimum atomic E-state index is 0.205. The van der Waals surface area contributed by atoms with E-state index < -0.39 is 0 Å². The van der Waals surface area contributed by atoms with Crippen molar-refractivity contribution in [1.82, 2.24) is 10.6 Å². The van der Waals surface area contributed by atoms with Gasteiger partial charge in [0, 0.05) is 32.9 Å². The van der Waals surface area contributed by atoms with E-state index in [9.17, 15) is 0 Å². The molecule has 0 saturated heterocycles. The van der Waals surface area contributed by atoms with E-state index in [0.717, 1.165) is 45.7 Å². The van der Waals surface area contributed by atoms with Crippen LogP contribution in [0.2, 0.25) is 0 Å². The van der Waals surface area contributed by atoms with Crippen LogP contribution >= 0.6 is 0 Å². The lowest BCUT2D eigenvalue weighted by atomic mass is 10.2. The number of ether oxygens (including phenoxy) is 2. The zero-order chi connectivity index (χ0) is 14.0. The fourth-order valence-electron chi connectivity index (χ4n) is 1.64. The predicted molar refractivity (Wildman–Crippen MR) is 78.6 cm³/mol. The molecule has 5 heteroatoms. The molecule has 0 amide bonds. The highest BCUT2D eigenvalue weighted by Crippen LogP contribution is 1.98. The van der Waals surface area contributed by atoms with Crippen molar-refractivity contribution in [2.24, 2.45) is 0 Å². The Balaban J connectivity index is 2.88. The van der Waals surface area contributed by atoms with Gasteiger partial charge in [0.15, 0.2) is 0 Å². The summed E-state index contributed by atoms with van der Waals surface area (Å²) in [6.45, 7) is 6.03. The van der Waals surface area contributed by atoms with E-state index in [1.165, 1.54) is 19.3 Å². The maximum atomic E-state index is 8.55. The maximum absolute atomic E-state index is 8.55. The van der Waals surface area contributed by atoms with Crippen LogP contribution in [0.15, 0.2) is 0 Å². The molecule has 0 aliphatic heterocycles. The predicted octanol–water partition coefficient (Wildman–Crippen LogP) is 0.771. The molecule has 0 aromatic heterocycles. The molecule has 5 nitrogen and oxygen atoms in total. The van der Waals surface area contributed by atoms with Crippen molar-refractivity contribution in [3.63, 3.8) is 0 Å². The van der Waals surface area contributed by atoms with Crippen LogP contribution in [-0.2, 0) is 9.47 Å². The van der Waals surface area contributed by atoms with Gasteiger partial charge in [-0.05, 0) is 32.9 Å². The maximum Gasteiger partial charge on any atom is 0.0590 e. The topological polar surface area (TPSA) is 62.8 Å². The van der Waals surface area contributed by atoms with Crippen LogP contribution in [0.5, 0.6) is 0 Å². The summed E-state index contributed by atoms with van der Waals surface area (Å²) < 4.78 is 10.8. The number of nitrogens with one attached hydrogen (secondary N) is 2. The van der Waals surface area contributed by atoms with Gasteiger partial charge >= 0.3 is 0 Å². The number of rotatable bonds is 16. The second-order valence-electron chi connectivity index (χ2n) is 4.57. The highest BCUT2D eigenvalue weighted by Gasteiger charge is 1.92. The standard InChI is InChI=1S/C14H32N2O3/c1-15-7-4-2-3-5-11-18-13-8-16-9-14-19-12-6-10-17/h15-17H,2-14H2,1H3. The molecule has 0 atom stereocenters. The molecule has 0 aromatic carbocycles. The van der Waals surface area contributed by atoms with Gasteiger partial charge in [0.1, 0.15) is 0 Å². The molecule has 0 rings (SSSR count). The SMILES string of the molecule is CNCCCCCCOCCNCCOCCCO. The lowest BCUT2D eigenvalue weighted by molar-refractivity contribution is 0.110. The first-order valence-electron chi connectivity index (χ1n) is 7.53. The van der Waals surface area contributed by atoms with Gasteiger partial charge in [-0.3, -0.25) is 0 Å². The summed E-state index contributed by atoms with van der Waals surface area (Å²) in [5.74, 6) is 0. The molecular formula is C14H32N2O3. The Morgan fingerprint density at radius 3 is 2.00 bits per heavy atom. The van der Waals surface area contributed by atoms with Crippen LogP contribution in [0.1, 0.15) is 32.1 Å². The zero-order valence-electron chi connectivity index (χ0n) is 12.5. The van der Waals surface area contributed by atoms with E-state index in [1.54, 1.807) is 0 Å². The van der Waals surface area contributed by atoms with Crippen molar-refractivity contribution in [3.05, 3.63) is 0 Å². The largest absolute Gasteiger partial charge is 0.396 e. The Morgan fingerprint density at radius 2 is 1.37 bits per heavy atom. The first kappa shape index (κ1) is 18.8. The van der Waals surface area contributed by atoms with Gasteiger partial charge in [-0.25, -0.2) is 0 Å². The molecule has 0 unspecified atom stereocenters. The average Bonchev–Trinajstić information content (AvgIpc) is 2.43. The van der Waals surface area contributed by atoms with Crippen LogP contribution in [0, 0.1) is 0 Å². The average molecular weight is 276 g/mol. The number of unbranched alkanes of at least 4 members (excludes halogenated alkanes) is 3. The summed E-state index contributed by atoms with van der Waals surface area (Å²) in [6, 6.07) is 0. The molecule has 0 aliphatic rings. The fraction of sp³-hybridized carbons (Fsp3) is 1.00. The molecular weight excluding hydrogens is 244 g/mol. The molecule has 0 saturated carbocycles. The minimum Gasteiger partial charge on any atom is -0.396 e. The Hall–Kier alpha value is -0.200. The van der Waals surface area contributed by atoms with Crippen LogP contribution in [-0.4, -0.2) is 64.8 Å². The number of aliphatic hydroxyl groups excluding tert-OH is 1. The minimum absolute atomic E-state index is 0.205. The highest BCUT2D eigenvalue weighted by atomic mass is 16.5. The molecule has 0 bridgehead atoms. The zero-order valence-corrected chi connectivity index (χ0v) is 12.5. The smallest absolute Gasteiger partial charge is 0.0590 e. The number of hydrogen-bond acceptors (Lipinski definition) is 5. The van der Waals surface area contributed by atoms with E-state index in [2.05, 4.69) is 10.6 Å². The Labute approximate surface area is 118 Å². The van der Waals surface area contributed by atoms with Gasteiger partial charge in [-0.1, -0.05) is 12.8 Å². The van der Waals surface area contributed by atoms with Gasteiger partial charge < -0.3 is 25.2 Å². The van der Waals surface area contributed by atoms with Crippen molar-refractivity contribution in [2.75, 3.05) is 59.7 Å². The molecule has 0 aromatic rings. The van der Waals surface area contributed by atoms with E-state index in [-0.39, 0.29) is 6.61 Å². The van der Waals surface area contributed by atoms with Crippen LogP contribution in [0.25, 0.3) is 0 Å². The first-order chi connectivity index (χ1) is 9.41. The highest BCUT2D eigenvalue weighted by molar-refractivity contribution is 4.47. The van der Waals surface area contributed by atoms with Crippen LogP contribution in [0.4, 0.5) is 0 Å².